The number of hydrogen-bond acceptors (Lipinski definition) is 6. The van der Waals surface area contributed by atoms with Crippen molar-refractivity contribution >= 4 is 28.7 Å². The maximum absolute atomic E-state index is 15.1. The van der Waals surface area contributed by atoms with Crippen molar-refractivity contribution in [3.8, 4) is 23.7 Å². The molecule has 2 aromatic heterocycles. The molecule has 0 unspecified atom stereocenters. The van der Waals surface area contributed by atoms with Gasteiger partial charge < -0.3 is 25.3 Å². The van der Waals surface area contributed by atoms with Crippen molar-refractivity contribution in [3.63, 3.8) is 0 Å². The van der Waals surface area contributed by atoms with E-state index in [0.717, 1.165) is 0 Å². The smallest absolute Gasteiger partial charge is 0.302 e. The molecule has 12 heteroatoms. The molecule has 3 heterocycles. The molecule has 3 N–H and O–H groups in total. The van der Waals surface area contributed by atoms with Gasteiger partial charge >= 0.3 is 5.91 Å². The van der Waals surface area contributed by atoms with E-state index in [1.165, 1.54) is 35.3 Å². The predicted molar refractivity (Wildman–Crippen MR) is 136 cm³/mol. The maximum Gasteiger partial charge on any atom is 0.302 e. The fourth-order valence-electron chi connectivity index (χ4n) is 4.42. The molecule has 1 atom stereocenters. The minimum atomic E-state index is -0.912. The number of hydrogen-bond donors (Lipinski definition) is 2. The van der Waals surface area contributed by atoms with Gasteiger partial charge in [0.15, 0.2) is 11.5 Å². The Kier molecular flexibility index (Phi) is 7.35. The number of likely N-dealkylation sites (tertiary alicyclic amines) is 1. The number of imidazole rings is 1. The zero-order valence-corrected chi connectivity index (χ0v) is 21.2. The van der Waals surface area contributed by atoms with E-state index in [4.69, 9.17) is 10.5 Å². The second-order valence-corrected chi connectivity index (χ2v) is 8.32. The second kappa shape index (κ2) is 10.6. The van der Waals surface area contributed by atoms with Gasteiger partial charge in [-0.25, -0.2) is 18.4 Å². The monoisotopic (exact) mass is 521 g/mol. The highest BCUT2D eigenvalue weighted by atomic mass is 19.1. The Balaban J connectivity index is 1.80. The molecule has 1 fully saturated rings. The fourth-order valence-corrected chi connectivity index (χ4v) is 4.42. The number of benzene rings is 1. The molecule has 196 valence electrons. The van der Waals surface area contributed by atoms with Crippen LogP contribution in [0.2, 0.25) is 0 Å². The van der Waals surface area contributed by atoms with Crippen molar-refractivity contribution < 1.29 is 23.1 Å². The summed E-state index contributed by atoms with van der Waals surface area (Å²) in [5.74, 6) is 7.36. The molecular weight excluding hydrogens is 496 g/mol. The van der Waals surface area contributed by atoms with Crippen LogP contribution in [-0.4, -0.2) is 56.7 Å². The number of ether oxygens (including phenoxy) is 1. The Labute approximate surface area is 217 Å². The Morgan fingerprint density at radius 1 is 1.34 bits per heavy atom. The number of carbonyl (C=O) groups excluding carboxylic acids is 2. The lowest BCUT2D eigenvalue weighted by molar-refractivity contribution is -0.122. The number of halogens is 2. The molecule has 0 bridgehead atoms. The van der Waals surface area contributed by atoms with E-state index >= 15 is 4.39 Å². The summed E-state index contributed by atoms with van der Waals surface area (Å²) >= 11 is 0. The number of nitrogens with one attached hydrogen (secondary N) is 1. The first kappa shape index (κ1) is 26.2. The molecular formula is C26H25F2N7O3. The summed E-state index contributed by atoms with van der Waals surface area (Å²) in [6.45, 7) is 4.06. The van der Waals surface area contributed by atoms with Gasteiger partial charge in [0, 0.05) is 32.6 Å². The van der Waals surface area contributed by atoms with Crippen LogP contribution in [0.15, 0.2) is 24.4 Å². The summed E-state index contributed by atoms with van der Waals surface area (Å²) in [5.41, 5.74) is 5.87. The number of allylic oxidation sites excluding steroid dienone is 1. The summed E-state index contributed by atoms with van der Waals surface area (Å²) in [6, 6.07) is 0.733. The summed E-state index contributed by atoms with van der Waals surface area (Å²) in [4.78, 5) is 30.4. The standard InChI is InChI=1S/C26H25F2N7O3/c1-5-7-21(36)34-12-15(10-16(34)13-38-4)35-26(30-3)22(25(29)37)19(32-35)9-8-17-18(27)11-20-24(23(17)28)31-14-33(20)6-2/h11,13-15,30H,6,10,12H2,1-4H3,(H2,29,37)/b16-13+/t15-/m0/s1. The van der Waals surface area contributed by atoms with E-state index in [0.29, 0.717) is 24.2 Å². The van der Waals surface area contributed by atoms with Crippen LogP contribution in [0, 0.1) is 35.3 Å². The van der Waals surface area contributed by atoms with E-state index in [1.807, 2.05) is 6.92 Å². The second-order valence-electron chi connectivity index (χ2n) is 8.32. The molecule has 10 nitrogen and oxygen atoms in total. The number of carbonyl (C=O) groups is 2. The number of methoxy groups -OCH3 is 1. The van der Waals surface area contributed by atoms with Crippen molar-refractivity contribution in [2.45, 2.75) is 32.9 Å². The van der Waals surface area contributed by atoms with E-state index in [1.54, 1.807) is 18.5 Å². The molecule has 1 aromatic carbocycles. The number of nitrogens with two attached hydrogens (primary N) is 1. The van der Waals surface area contributed by atoms with Gasteiger partial charge in [-0.3, -0.25) is 9.59 Å². The number of fused-ring (bicyclic) bond motifs is 1. The third kappa shape index (κ3) is 4.52. The summed E-state index contributed by atoms with van der Waals surface area (Å²) in [7, 11) is 3.03. The van der Waals surface area contributed by atoms with Gasteiger partial charge in [0.05, 0.1) is 36.3 Å². The van der Waals surface area contributed by atoms with Crippen LogP contribution >= 0.6 is 0 Å². The van der Waals surface area contributed by atoms with Crippen LogP contribution in [0.4, 0.5) is 14.6 Å². The fraction of sp³-hybridized carbons (Fsp3) is 0.308. The number of aryl methyl sites for hydroxylation is 1. The highest BCUT2D eigenvalue weighted by Crippen LogP contribution is 2.34. The number of primary amides is 1. The first-order valence-corrected chi connectivity index (χ1v) is 11.7. The van der Waals surface area contributed by atoms with Gasteiger partial charge in [0.25, 0.3) is 5.91 Å². The molecule has 0 saturated carbocycles. The summed E-state index contributed by atoms with van der Waals surface area (Å²) in [5, 5.41) is 7.35. The lowest BCUT2D eigenvalue weighted by atomic mass is 10.1. The molecule has 0 radical (unpaired) electrons. The van der Waals surface area contributed by atoms with Crippen molar-refractivity contribution in [1.82, 2.24) is 24.2 Å². The highest BCUT2D eigenvalue weighted by molar-refractivity contribution is 6.00. The quantitative estimate of drug-likeness (QED) is 0.393. The molecule has 2 amide bonds. The normalized spacial score (nSPS) is 15.7. The topological polar surface area (TPSA) is 120 Å². The van der Waals surface area contributed by atoms with Crippen molar-refractivity contribution in [1.29, 1.82) is 0 Å². The first-order valence-electron chi connectivity index (χ1n) is 11.7. The van der Waals surface area contributed by atoms with Gasteiger partial charge in [-0.05, 0) is 25.7 Å². The largest absolute Gasteiger partial charge is 0.503 e. The summed E-state index contributed by atoms with van der Waals surface area (Å²) in [6.07, 6.45) is 3.19. The van der Waals surface area contributed by atoms with Crippen molar-refractivity contribution in [2.75, 3.05) is 26.0 Å². The minimum Gasteiger partial charge on any atom is -0.503 e. The molecule has 1 saturated heterocycles. The average molecular weight is 522 g/mol. The Morgan fingerprint density at radius 2 is 2.11 bits per heavy atom. The zero-order chi connectivity index (χ0) is 27.6. The number of aromatic nitrogens is 4. The minimum absolute atomic E-state index is 0.0162. The van der Waals surface area contributed by atoms with Crippen LogP contribution in [0.25, 0.3) is 11.0 Å². The van der Waals surface area contributed by atoms with Gasteiger partial charge in [-0.2, -0.15) is 5.10 Å². The lowest BCUT2D eigenvalue weighted by Gasteiger charge is -2.16. The predicted octanol–water partition coefficient (Wildman–Crippen LogP) is 2.36. The highest BCUT2D eigenvalue weighted by Gasteiger charge is 2.35. The van der Waals surface area contributed by atoms with E-state index in [9.17, 15) is 14.0 Å². The van der Waals surface area contributed by atoms with Gasteiger partial charge in [0.2, 0.25) is 0 Å². The van der Waals surface area contributed by atoms with Gasteiger partial charge in [-0.1, -0.05) is 11.8 Å². The Bertz CT molecular complexity index is 1600. The molecule has 3 aromatic rings. The van der Waals surface area contributed by atoms with Gasteiger partial charge in [-0.15, -0.1) is 0 Å². The Morgan fingerprint density at radius 3 is 2.74 bits per heavy atom. The van der Waals surface area contributed by atoms with Crippen LogP contribution in [-0.2, 0) is 16.1 Å². The third-order valence-electron chi connectivity index (χ3n) is 6.11. The molecule has 0 aliphatic carbocycles. The Hall–Kier alpha value is -4.84. The van der Waals surface area contributed by atoms with E-state index in [2.05, 4.69) is 39.1 Å². The van der Waals surface area contributed by atoms with Crippen molar-refractivity contribution in [3.05, 3.63) is 52.8 Å². The number of nitrogens with zero attached hydrogens (tertiary/aromatic N) is 5. The average Bonchev–Trinajstić information content (AvgIpc) is 3.59. The third-order valence-corrected chi connectivity index (χ3v) is 6.11. The molecule has 1 aliphatic heterocycles. The number of rotatable bonds is 5. The molecule has 38 heavy (non-hydrogen) atoms. The molecule has 4 rings (SSSR count). The van der Waals surface area contributed by atoms with Crippen LogP contribution in [0.5, 0.6) is 0 Å². The zero-order valence-electron chi connectivity index (χ0n) is 21.2. The van der Waals surface area contributed by atoms with E-state index in [-0.39, 0.29) is 29.1 Å². The SMILES string of the molecule is CC#CC(=O)N1C[C@@H](n2nc(C#Cc3c(F)cc4c(ncn4CC)c3F)c(C(N)=O)c2NC)C/C1=C\OC. The summed E-state index contributed by atoms with van der Waals surface area (Å²) < 4.78 is 38.2. The van der Waals surface area contributed by atoms with E-state index < -0.39 is 35.1 Å². The first-order chi connectivity index (χ1) is 18.2. The van der Waals surface area contributed by atoms with Crippen molar-refractivity contribution in [2.24, 2.45) is 5.73 Å². The number of amides is 2. The van der Waals surface area contributed by atoms with Crippen LogP contribution in [0.3, 0.4) is 0 Å². The van der Waals surface area contributed by atoms with Crippen LogP contribution in [0.1, 0.15) is 47.9 Å². The maximum atomic E-state index is 15.1. The molecule has 1 aliphatic rings. The van der Waals surface area contributed by atoms with Crippen LogP contribution < -0.4 is 11.1 Å². The number of anilines is 1. The molecule has 0 spiro atoms. The van der Waals surface area contributed by atoms with Gasteiger partial charge in [0.1, 0.15) is 29.0 Å². The lowest BCUT2D eigenvalue weighted by Crippen LogP contribution is -2.27.